The molecule has 1 aliphatic heterocycles. The van der Waals surface area contributed by atoms with Gasteiger partial charge in [-0.3, -0.25) is 9.59 Å². The lowest BCUT2D eigenvalue weighted by molar-refractivity contribution is -0.123. The fraction of sp³-hybridized carbons (Fsp3) is 0.160. The van der Waals surface area contributed by atoms with Crippen LogP contribution < -0.4 is 14.8 Å². The largest absolute Gasteiger partial charge is 0.486 e. The van der Waals surface area contributed by atoms with E-state index in [0.717, 1.165) is 0 Å². The Hall–Kier alpha value is -3.84. The Kier molecular flexibility index (Phi) is 6.60. The maximum Gasteiger partial charge on any atom is 0.339 e. The molecule has 7 nitrogen and oxygen atoms in total. The summed E-state index contributed by atoms with van der Waals surface area (Å²) in [5.74, 6) is -0.536. The third-order valence-corrected chi connectivity index (χ3v) is 5.21. The van der Waals surface area contributed by atoms with E-state index in [4.69, 9.17) is 25.8 Å². The van der Waals surface area contributed by atoms with E-state index in [0.29, 0.717) is 41.0 Å². The molecular formula is C25H20ClNO6. The van der Waals surface area contributed by atoms with Gasteiger partial charge in [0.1, 0.15) is 13.2 Å². The maximum atomic E-state index is 12.9. The molecular weight excluding hydrogens is 446 g/mol. The number of anilines is 1. The number of fused-ring (bicyclic) bond motifs is 1. The molecule has 1 heterocycles. The third-order valence-electron chi connectivity index (χ3n) is 4.96. The second-order valence-electron chi connectivity index (χ2n) is 7.28. The number of ether oxygens (including phenoxy) is 3. The van der Waals surface area contributed by atoms with Crippen LogP contribution in [-0.2, 0) is 9.53 Å². The predicted octanol–water partition coefficient (Wildman–Crippen LogP) is 4.53. The molecule has 3 aromatic carbocycles. The van der Waals surface area contributed by atoms with E-state index in [2.05, 4.69) is 5.32 Å². The Morgan fingerprint density at radius 2 is 1.58 bits per heavy atom. The van der Waals surface area contributed by atoms with E-state index in [1.54, 1.807) is 54.6 Å². The first-order valence-electron chi connectivity index (χ1n) is 10.2. The first-order chi connectivity index (χ1) is 15.9. The molecule has 168 valence electrons. The molecule has 0 saturated carbocycles. The Morgan fingerprint density at radius 3 is 2.30 bits per heavy atom. The van der Waals surface area contributed by atoms with E-state index in [1.165, 1.54) is 19.1 Å². The minimum absolute atomic E-state index is 0.0661. The predicted molar refractivity (Wildman–Crippen MR) is 122 cm³/mol. The molecule has 1 aliphatic rings. The topological polar surface area (TPSA) is 90.9 Å². The number of esters is 1. The van der Waals surface area contributed by atoms with Crippen molar-refractivity contribution in [3.05, 3.63) is 88.4 Å². The van der Waals surface area contributed by atoms with Gasteiger partial charge in [-0.2, -0.15) is 0 Å². The van der Waals surface area contributed by atoms with Gasteiger partial charge in [-0.15, -0.1) is 0 Å². The Balaban J connectivity index is 1.45. The summed E-state index contributed by atoms with van der Waals surface area (Å²) in [6, 6.07) is 17.6. The molecule has 1 amide bonds. The minimum atomic E-state index is -1.11. The fourth-order valence-electron chi connectivity index (χ4n) is 3.26. The number of benzene rings is 3. The Morgan fingerprint density at radius 1 is 0.909 bits per heavy atom. The van der Waals surface area contributed by atoms with Crippen molar-refractivity contribution in [1.82, 2.24) is 0 Å². The molecule has 0 fully saturated rings. The van der Waals surface area contributed by atoms with Crippen molar-refractivity contribution in [2.45, 2.75) is 13.0 Å². The van der Waals surface area contributed by atoms with E-state index in [9.17, 15) is 14.4 Å². The smallest absolute Gasteiger partial charge is 0.339 e. The molecule has 4 rings (SSSR count). The van der Waals surface area contributed by atoms with Gasteiger partial charge in [0, 0.05) is 27.9 Å². The van der Waals surface area contributed by atoms with Gasteiger partial charge >= 0.3 is 5.97 Å². The third kappa shape index (κ3) is 5.15. The average molecular weight is 466 g/mol. The number of carbonyl (C=O) groups excluding carboxylic acids is 3. The Labute approximate surface area is 195 Å². The van der Waals surface area contributed by atoms with E-state index < -0.39 is 18.0 Å². The van der Waals surface area contributed by atoms with Crippen molar-refractivity contribution in [1.29, 1.82) is 0 Å². The van der Waals surface area contributed by atoms with E-state index in [-0.39, 0.29) is 16.9 Å². The van der Waals surface area contributed by atoms with Crippen molar-refractivity contribution in [2.75, 3.05) is 18.5 Å². The first-order valence-corrected chi connectivity index (χ1v) is 10.6. The molecule has 0 aromatic heterocycles. The summed E-state index contributed by atoms with van der Waals surface area (Å²) >= 11 is 5.89. The first kappa shape index (κ1) is 22.4. The second kappa shape index (κ2) is 9.75. The summed E-state index contributed by atoms with van der Waals surface area (Å²) < 4.78 is 16.3. The molecule has 33 heavy (non-hydrogen) atoms. The van der Waals surface area contributed by atoms with Crippen LogP contribution in [0.3, 0.4) is 0 Å². The molecule has 0 spiro atoms. The van der Waals surface area contributed by atoms with Gasteiger partial charge in [-0.25, -0.2) is 4.79 Å². The normalized spacial score (nSPS) is 13.0. The highest BCUT2D eigenvalue weighted by Gasteiger charge is 2.24. The van der Waals surface area contributed by atoms with Crippen LogP contribution in [0, 0.1) is 0 Å². The number of rotatable bonds is 6. The molecule has 1 atom stereocenters. The standard InChI is InChI=1S/C25H20ClNO6/c1-15(24(29)27-18-10-11-21-22(14-18)32-13-12-31-21)33-25(30)20-5-3-2-4-19(20)23(28)16-6-8-17(26)9-7-16/h2-11,14-15H,12-13H2,1H3,(H,27,29). The van der Waals surface area contributed by atoms with Crippen LogP contribution in [-0.4, -0.2) is 37.0 Å². The van der Waals surface area contributed by atoms with E-state index in [1.807, 2.05) is 0 Å². The van der Waals surface area contributed by atoms with Gasteiger partial charge in [0.05, 0.1) is 5.56 Å². The van der Waals surface area contributed by atoms with Gasteiger partial charge in [0.2, 0.25) is 0 Å². The van der Waals surface area contributed by atoms with Crippen molar-refractivity contribution in [3.8, 4) is 11.5 Å². The van der Waals surface area contributed by atoms with Crippen LogP contribution in [0.5, 0.6) is 11.5 Å². The molecule has 0 aliphatic carbocycles. The number of hydrogen-bond donors (Lipinski definition) is 1. The molecule has 1 unspecified atom stereocenters. The number of halogens is 1. The van der Waals surface area contributed by atoms with Crippen LogP contribution >= 0.6 is 11.6 Å². The molecule has 0 bridgehead atoms. The minimum Gasteiger partial charge on any atom is -0.486 e. The van der Waals surface area contributed by atoms with Crippen molar-refractivity contribution in [3.63, 3.8) is 0 Å². The monoisotopic (exact) mass is 465 g/mol. The van der Waals surface area contributed by atoms with Crippen molar-refractivity contribution >= 4 is 34.9 Å². The lowest BCUT2D eigenvalue weighted by Crippen LogP contribution is -2.30. The zero-order valence-corrected chi connectivity index (χ0v) is 18.4. The summed E-state index contributed by atoms with van der Waals surface area (Å²) in [5.41, 5.74) is 1.09. The van der Waals surface area contributed by atoms with Crippen molar-refractivity contribution < 1.29 is 28.6 Å². The van der Waals surface area contributed by atoms with Crippen LogP contribution in [0.1, 0.15) is 33.2 Å². The number of amides is 1. The summed E-state index contributed by atoms with van der Waals surface area (Å²) in [7, 11) is 0. The van der Waals surface area contributed by atoms with Gasteiger partial charge in [-0.05, 0) is 49.4 Å². The quantitative estimate of drug-likeness (QED) is 0.425. The van der Waals surface area contributed by atoms with Crippen LogP contribution in [0.2, 0.25) is 5.02 Å². The number of ketones is 1. The van der Waals surface area contributed by atoms with Gasteiger partial charge in [0.25, 0.3) is 5.91 Å². The number of nitrogens with one attached hydrogen (secondary N) is 1. The Bertz CT molecular complexity index is 1210. The maximum absolute atomic E-state index is 12.9. The highest BCUT2D eigenvalue weighted by Crippen LogP contribution is 2.32. The summed E-state index contributed by atoms with van der Waals surface area (Å²) in [5, 5.41) is 3.18. The fourth-order valence-corrected chi connectivity index (χ4v) is 3.38. The van der Waals surface area contributed by atoms with Crippen LogP contribution in [0.4, 0.5) is 5.69 Å². The summed E-state index contributed by atoms with van der Waals surface area (Å²) in [6.45, 7) is 2.34. The molecule has 0 saturated heterocycles. The highest BCUT2D eigenvalue weighted by atomic mass is 35.5. The van der Waals surface area contributed by atoms with Crippen LogP contribution in [0.25, 0.3) is 0 Å². The lowest BCUT2D eigenvalue weighted by atomic mass is 9.98. The van der Waals surface area contributed by atoms with E-state index >= 15 is 0 Å². The van der Waals surface area contributed by atoms with Crippen LogP contribution in [0.15, 0.2) is 66.7 Å². The molecule has 0 radical (unpaired) electrons. The van der Waals surface area contributed by atoms with Gasteiger partial charge < -0.3 is 19.5 Å². The number of carbonyl (C=O) groups is 3. The zero-order valence-electron chi connectivity index (χ0n) is 17.7. The zero-order chi connectivity index (χ0) is 23.4. The van der Waals surface area contributed by atoms with Gasteiger partial charge in [0.15, 0.2) is 23.4 Å². The molecule has 3 aromatic rings. The van der Waals surface area contributed by atoms with Crippen molar-refractivity contribution in [2.24, 2.45) is 0 Å². The second-order valence-corrected chi connectivity index (χ2v) is 7.71. The average Bonchev–Trinajstić information content (AvgIpc) is 2.84. The SMILES string of the molecule is CC(OC(=O)c1ccccc1C(=O)c1ccc(Cl)cc1)C(=O)Nc1ccc2c(c1)OCCO2. The molecule has 8 heteroatoms. The number of hydrogen-bond acceptors (Lipinski definition) is 6. The highest BCUT2D eigenvalue weighted by molar-refractivity contribution is 6.30. The summed E-state index contributed by atoms with van der Waals surface area (Å²) in [6.07, 6.45) is -1.11. The molecule has 1 N–H and O–H groups in total. The van der Waals surface area contributed by atoms with Gasteiger partial charge in [-0.1, -0.05) is 29.8 Å². The summed E-state index contributed by atoms with van der Waals surface area (Å²) in [4.78, 5) is 38.3. The lowest BCUT2D eigenvalue weighted by Gasteiger charge is -2.19.